The van der Waals surface area contributed by atoms with Crippen molar-refractivity contribution in [3.63, 3.8) is 0 Å². The maximum Gasteiger partial charge on any atom is 0.428 e. The van der Waals surface area contributed by atoms with E-state index < -0.39 is 0 Å². The zero-order valence-electron chi connectivity index (χ0n) is 7.75. The molecule has 1 rings (SSSR count). The van der Waals surface area contributed by atoms with Gasteiger partial charge < -0.3 is 9.74 Å². The lowest BCUT2D eigenvalue weighted by atomic mass is 10.2. The Bertz CT molecular complexity index is 153. The van der Waals surface area contributed by atoms with Gasteiger partial charge >= 0.3 is 6.09 Å². The number of hydrogen-bond acceptors (Lipinski definition) is 3. The molecular formula is C8H16N2O2. The zero-order chi connectivity index (χ0) is 8.97. The predicted octanol–water partition coefficient (Wildman–Crippen LogP) is 1.09. The standard InChI is InChI=1S/C8H16N2O2/c1-9(2)8(11)12-10-6-4-3-5-7-10/h3-7H2,1-2H3. The van der Waals surface area contributed by atoms with Crippen LogP contribution in [-0.4, -0.2) is 43.2 Å². The van der Waals surface area contributed by atoms with Crippen LogP contribution in [0.5, 0.6) is 0 Å². The second-order valence-corrected chi connectivity index (χ2v) is 3.24. The molecule has 1 aliphatic rings. The van der Waals surface area contributed by atoms with Gasteiger partial charge in [-0.3, -0.25) is 0 Å². The van der Waals surface area contributed by atoms with Crippen LogP contribution in [0.2, 0.25) is 0 Å². The van der Waals surface area contributed by atoms with E-state index in [0.717, 1.165) is 25.9 Å². The molecule has 0 aromatic rings. The van der Waals surface area contributed by atoms with Crippen molar-refractivity contribution < 1.29 is 9.63 Å². The first kappa shape index (κ1) is 9.32. The highest BCUT2D eigenvalue weighted by Crippen LogP contribution is 2.09. The van der Waals surface area contributed by atoms with Gasteiger partial charge in [0.1, 0.15) is 0 Å². The molecule has 0 radical (unpaired) electrons. The van der Waals surface area contributed by atoms with Gasteiger partial charge in [0.15, 0.2) is 0 Å². The minimum atomic E-state index is -0.281. The third kappa shape index (κ3) is 2.70. The maximum atomic E-state index is 11.1. The molecule has 1 heterocycles. The minimum absolute atomic E-state index is 0.281. The number of carbonyl (C=O) groups is 1. The van der Waals surface area contributed by atoms with Crippen LogP contribution in [0.4, 0.5) is 4.79 Å². The van der Waals surface area contributed by atoms with Crippen LogP contribution in [0.25, 0.3) is 0 Å². The fourth-order valence-electron chi connectivity index (χ4n) is 1.15. The molecule has 0 aliphatic carbocycles. The molecule has 4 heteroatoms. The van der Waals surface area contributed by atoms with E-state index in [2.05, 4.69) is 0 Å². The first-order chi connectivity index (χ1) is 5.70. The Balaban J connectivity index is 2.24. The van der Waals surface area contributed by atoms with Crippen LogP contribution in [0.15, 0.2) is 0 Å². The quantitative estimate of drug-likeness (QED) is 0.593. The Morgan fingerprint density at radius 2 is 1.83 bits per heavy atom. The zero-order valence-corrected chi connectivity index (χ0v) is 7.75. The van der Waals surface area contributed by atoms with Gasteiger partial charge in [-0.05, 0) is 12.8 Å². The minimum Gasteiger partial charge on any atom is -0.351 e. The van der Waals surface area contributed by atoms with Gasteiger partial charge in [-0.15, -0.1) is 5.06 Å². The van der Waals surface area contributed by atoms with Gasteiger partial charge in [0.05, 0.1) is 0 Å². The molecule has 0 atom stereocenters. The van der Waals surface area contributed by atoms with Crippen molar-refractivity contribution >= 4 is 6.09 Å². The van der Waals surface area contributed by atoms with Gasteiger partial charge in [-0.25, -0.2) is 4.79 Å². The Morgan fingerprint density at radius 3 is 2.33 bits per heavy atom. The van der Waals surface area contributed by atoms with Crippen LogP contribution >= 0.6 is 0 Å². The summed E-state index contributed by atoms with van der Waals surface area (Å²) < 4.78 is 0. The predicted molar refractivity (Wildman–Crippen MR) is 45.6 cm³/mol. The van der Waals surface area contributed by atoms with Crippen molar-refractivity contribution in [3.8, 4) is 0 Å². The number of nitrogens with zero attached hydrogens (tertiary/aromatic N) is 2. The van der Waals surface area contributed by atoms with Crippen molar-refractivity contribution in [2.75, 3.05) is 27.2 Å². The average molecular weight is 172 g/mol. The molecule has 70 valence electrons. The largest absolute Gasteiger partial charge is 0.428 e. The molecule has 1 fully saturated rings. The number of rotatable bonds is 1. The third-order valence-electron chi connectivity index (χ3n) is 1.89. The molecule has 1 amide bonds. The lowest BCUT2D eigenvalue weighted by Crippen LogP contribution is -2.36. The van der Waals surface area contributed by atoms with Crippen molar-refractivity contribution in [3.05, 3.63) is 0 Å². The topological polar surface area (TPSA) is 32.8 Å². The summed E-state index contributed by atoms with van der Waals surface area (Å²) in [5.41, 5.74) is 0. The number of hydroxylamine groups is 2. The molecule has 1 saturated heterocycles. The van der Waals surface area contributed by atoms with Crippen LogP contribution in [0.1, 0.15) is 19.3 Å². The molecule has 0 bridgehead atoms. The van der Waals surface area contributed by atoms with Gasteiger partial charge in [0, 0.05) is 27.2 Å². The third-order valence-corrected chi connectivity index (χ3v) is 1.89. The Labute approximate surface area is 73.0 Å². The second kappa shape index (κ2) is 4.30. The van der Waals surface area contributed by atoms with Gasteiger partial charge in [0.2, 0.25) is 0 Å². The summed E-state index contributed by atoms with van der Waals surface area (Å²) in [6.07, 6.45) is 3.22. The second-order valence-electron chi connectivity index (χ2n) is 3.24. The summed E-state index contributed by atoms with van der Waals surface area (Å²) in [6.45, 7) is 1.75. The molecule has 1 aliphatic heterocycles. The highest BCUT2D eigenvalue weighted by atomic mass is 16.7. The molecular weight excluding hydrogens is 156 g/mol. The SMILES string of the molecule is CN(C)C(=O)ON1CCCCC1. The van der Waals surface area contributed by atoms with E-state index >= 15 is 0 Å². The van der Waals surface area contributed by atoms with Gasteiger partial charge in [-0.2, -0.15) is 0 Å². The van der Waals surface area contributed by atoms with Gasteiger partial charge in [-0.1, -0.05) is 6.42 Å². The molecule has 0 spiro atoms. The Hall–Kier alpha value is -0.770. The summed E-state index contributed by atoms with van der Waals surface area (Å²) in [5, 5.41) is 1.74. The Kier molecular flexibility index (Phi) is 3.34. The first-order valence-corrected chi connectivity index (χ1v) is 4.34. The molecule has 0 saturated carbocycles. The van der Waals surface area contributed by atoms with Crippen molar-refractivity contribution in [1.29, 1.82) is 0 Å². The number of piperidine rings is 1. The monoisotopic (exact) mass is 172 g/mol. The van der Waals surface area contributed by atoms with E-state index in [-0.39, 0.29) is 6.09 Å². The molecule has 0 unspecified atom stereocenters. The average Bonchev–Trinajstić information content (AvgIpc) is 2.06. The molecule has 4 nitrogen and oxygen atoms in total. The lowest BCUT2D eigenvalue weighted by Gasteiger charge is -2.25. The van der Waals surface area contributed by atoms with Crippen LogP contribution in [-0.2, 0) is 4.84 Å². The molecule has 0 aromatic carbocycles. The van der Waals surface area contributed by atoms with Crippen molar-refractivity contribution in [2.24, 2.45) is 0 Å². The van der Waals surface area contributed by atoms with E-state index in [0.29, 0.717) is 0 Å². The highest BCUT2D eigenvalue weighted by Gasteiger charge is 2.15. The maximum absolute atomic E-state index is 11.1. The van der Waals surface area contributed by atoms with Crippen LogP contribution in [0.3, 0.4) is 0 Å². The van der Waals surface area contributed by atoms with Crippen molar-refractivity contribution in [2.45, 2.75) is 19.3 Å². The normalized spacial score (nSPS) is 18.8. The lowest BCUT2D eigenvalue weighted by molar-refractivity contribution is -0.119. The van der Waals surface area contributed by atoms with E-state index in [1.807, 2.05) is 0 Å². The van der Waals surface area contributed by atoms with E-state index in [4.69, 9.17) is 4.84 Å². The summed E-state index contributed by atoms with van der Waals surface area (Å²) in [4.78, 5) is 17.6. The first-order valence-electron chi connectivity index (χ1n) is 4.34. The van der Waals surface area contributed by atoms with E-state index in [9.17, 15) is 4.79 Å². The summed E-state index contributed by atoms with van der Waals surface area (Å²) in [5.74, 6) is 0. The smallest absolute Gasteiger partial charge is 0.351 e. The Morgan fingerprint density at radius 1 is 1.25 bits per heavy atom. The van der Waals surface area contributed by atoms with Crippen LogP contribution in [0, 0.1) is 0 Å². The fraction of sp³-hybridized carbons (Fsp3) is 0.875. The van der Waals surface area contributed by atoms with E-state index in [1.54, 1.807) is 19.2 Å². The number of carbonyl (C=O) groups excluding carboxylic acids is 1. The number of amides is 1. The summed E-state index contributed by atoms with van der Waals surface area (Å²) in [6, 6.07) is 0. The molecule has 0 aromatic heterocycles. The summed E-state index contributed by atoms with van der Waals surface area (Å²) in [7, 11) is 3.37. The number of hydrogen-bond donors (Lipinski definition) is 0. The molecule has 0 N–H and O–H groups in total. The summed E-state index contributed by atoms with van der Waals surface area (Å²) >= 11 is 0. The fourth-order valence-corrected chi connectivity index (χ4v) is 1.15. The highest BCUT2D eigenvalue weighted by molar-refractivity contribution is 5.66. The molecule has 12 heavy (non-hydrogen) atoms. The van der Waals surface area contributed by atoms with E-state index in [1.165, 1.54) is 11.3 Å². The van der Waals surface area contributed by atoms with Crippen molar-refractivity contribution in [1.82, 2.24) is 9.96 Å². The van der Waals surface area contributed by atoms with Gasteiger partial charge in [0.25, 0.3) is 0 Å². The van der Waals surface area contributed by atoms with Crippen LogP contribution < -0.4 is 0 Å².